The molecule has 0 aliphatic rings. The van der Waals surface area contributed by atoms with E-state index in [0.29, 0.717) is 0 Å². The molecule has 0 fully saturated rings. The summed E-state index contributed by atoms with van der Waals surface area (Å²) >= 11 is 0. The van der Waals surface area contributed by atoms with Crippen molar-refractivity contribution in [1.82, 2.24) is 15.1 Å². The van der Waals surface area contributed by atoms with Crippen molar-refractivity contribution in [3.63, 3.8) is 0 Å². The first-order valence-corrected chi connectivity index (χ1v) is 6.97. The third-order valence-corrected chi connectivity index (χ3v) is 3.07. The number of Topliss-reactive ketones (excluding diaryl/α,β-unsaturated/α-hetero) is 1. The predicted octanol–water partition coefficient (Wildman–Crippen LogP) is 2.14. The number of halogens is 2. The van der Waals surface area contributed by atoms with E-state index in [1.54, 1.807) is 13.1 Å². The summed E-state index contributed by atoms with van der Waals surface area (Å²) < 4.78 is 30.6. The zero-order valence-corrected chi connectivity index (χ0v) is 13.0. The van der Waals surface area contributed by atoms with E-state index in [0.717, 1.165) is 10.7 Å². The number of carbonyl (C=O) groups is 1. The quantitative estimate of drug-likeness (QED) is 0.647. The lowest BCUT2D eigenvalue weighted by Gasteiger charge is -2.12. The average molecular weight is 335 g/mol. The van der Waals surface area contributed by atoms with Crippen molar-refractivity contribution in [3.8, 4) is 11.4 Å². The summed E-state index contributed by atoms with van der Waals surface area (Å²) in [7, 11) is 1.62. The Bertz CT molecular complexity index is 831. The van der Waals surface area contributed by atoms with Crippen molar-refractivity contribution in [3.05, 3.63) is 64.2 Å². The third kappa shape index (κ3) is 3.83. The second-order valence-corrected chi connectivity index (χ2v) is 4.76. The van der Waals surface area contributed by atoms with Gasteiger partial charge in [0.2, 0.25) is 11.2 Å². The highest BCUT2D eigenvalue weighted by Crippen LogP contribution is 2.23. The van der Waals surface area contributed by atoms with Crippen LogP contribution in [0.5, 0.6) is 5.75 Å². The molecule has 2 aromatic rings. The van der Waals surface area contributed by atoms with Gasteiger partial charge in [-0.2, -0.15) is 13.9 Å². The molecule has 0 amide bonds. The molecule has 24 heavy (non-hydrogen) atoms. The summed E-state index contributed by atoms with van der Waals surface area (Å²) in [5, 5.41) is 6.67. The minimum atomic E-state index is -3.01. The van der Waals surface area contributed by atoms with E-state index in [4.69, 9.17) is 0 Å². The standard InChI is InChI=1S/C16H15F2N3O3/c1-10(9-19-2)15(23)14-12(22)7-8-21(20-14)11-5-3-4-6-13(11)24-16(17)18/h3-9,16,19H,1-2H3/b10-9+. The number of alkyl halides is 2. The maximum atomic E-state index is 12.5. The fraction of sp³-hybridized carbons (Fsp3) is 0.188. The highest BCUT2D eigenvalue weighted by atomic mass is 19.3. The van der Waals surface area contributed by atoms with Crippen molar-refractivity contribution >= 4 is 5.78 Å². The van der Waals surface area contributed by atoms with E-state index in [-0.39, 0.29) is 22.7 Å². The van der Waals surface area contributed by atoms with E-state index in [9.17, 15) is 18.4 Å². The van der Waals surface area contributed by atoms with E-state index < -0.39 is 17.8 Å². The maximum Gasteiger partial charge on any atom is 0.387 e. The number of nitrogens with one attached hydrogen (secondary N) is 1. The molecule has 8 heteroatoms. The number of nitrogens with zero attached hydrogens (tertiary/aromatic N) is 2. The van der Waals surface area contributed by atoms with E-state index in [1.165, 1.54) is 37.5 Å². The molecule has 0 radical (unpaired) electrons. The van der Waals surface area contributed by atoms with Crippen LogP contribution in [0.4, 0.5) is 8.78 Å². The number of hydrogen-bond acceptors (Lipinski definition) is 5. The molecular weight excluding hydrogens is 320 g/mol. The van der Waals surface area contributed by atoms with Crippen molar-refractivity contribution in [2.45, 2.75) is 13.5 Å². The molecule has 0 saturated heterocycles. The van der Waals surface area contributed by atoms with Crippen LogP contribution in [0, 0.1) is 0 Å². The largest absolute Gasteiger partial charge is 0.433 e. The van der Waals surface area contributed by atoms with Gasteiger partial charge in [-0.05, 0) is 19.1 Å². The summed E-state index contributed by atoms with van der Waals surface area (Å²) in [6.45, 7) is -1.47. The topological polar surface area (TPSA) is 73.2 Å². The zero-order chi connectivity index (χ0) is 17.7. The van der Waals surface area contributed by atoms with Crippen LogP contribution < -0.4 is 15.5 Å². The smallest absolute Gasteiger partial charge is 0.387 e. The van der Waals surface area contributed by atoms with Gasteiger partial charge >= 0.3 is 6.61 Å². The Kier molecular flexibility index (Phi) is 5.41. The number of allylic oxidation sites excluding steroid dienone is 1. The monoisotopic (exact) mass is 335 g/mol. The number of rotatable bonds is 6. The number of hydrogen-bond donors (Lipinski definition) is 1. The first kappa shape index (κ1) is 17.3. The second-order valence-electron chi connectivity index (χ2n) is 4.76. The van der Waals surface area contributed by atoms with Crippen LogP contribution in [0.1, 0.15) is 17.4 Å². The maximum absolute atomic E-state index is 12.5. The molecule has 126 valence electrons. The normalized spacial score (nSPS) is 11.5. The number of ether oxygens (including phenoxy) is 1. The van der Waals surface area contributed by atoms with Gasteiger partial charge in [-0.15, -0.1) is 0 Å². The van der Waals surface area contributed by atoms with Gasteiger partial charge in [0.25, 0.3) is 0 Å². The molecule has 1 heterocycles. The molecule has 1 aromatic carbocycles. The zero-order valence-electron chi connectivity index (χ0n) is 13.0. The van der Waals surface area contributed by atoms with Crippen molar-refractivity contribution in [2.24, 2.45) is 0 Å². The molecule has 2 rings (SSSR count). The number of ketones is 1. The number of para-hydroxylation sites is 2. The number of benzene rings is 1. The van der Waals surface area contributed by atoms with E-state index in [1.807, 2.05) is 0 Å². The fourth-order valence-electron chi connectivity index (χ4n) is 2.01. The van der Waals surface area contributed by atoms with Crippen LogP contribution in [0.25, 0.3) is 5.69 Å². The average Bonchev–Trinajstić information content (AvgIpc) is 2.55. The first-order valence-electron chi connectivity index (χ1n) is 6.97. The highest BCUT2D eigenvalue weighted by Gasteiger charge is 2.17. The van der Waals surface area contributed by atoms with Gasteiger partial charge in [0, 0.05) is 31.1 Å². The van der Waals surface area contributed by atoms with Crippen molar-refractivity contribution in [1.29, 1.82) is 0 Å². The molecule has 0 spiro atoms. The summed E-state index contributed by atoms with van der Waals surface area (Å²) in [5.41, 5.74) is -0.403. The summed E-state index contributed by atoms with van der Waals surface area (Å²) in [6.07, 6.45) is 2.72. The summed E-state index contributed by atoms with van der Waals surface area (Å²) in [4.78, 5) is 24.2. The van der Waals surface area contributed by atoms with Gasteiger partial charge in [-0.25, -0.2) is 4.68 Å². The van der Waals surface area contributed by atoms with Crippen LogP contribution >= 0.6 is 0 Å². The Hall–Kier alpha value is -3.03. The molecule has 0 bridgehead atoms. The van der Waals surface area contributed by atoms with Gasteiger partial charge in [0.05, 0.1) is 0 Å². The molecule has 0 aliphatic heterocycles. The molecule has 1 aromatic heterocycles. The molecule has 1 N–H and O–H groups in total. The number of carbonyl (C=O) groups excluding carboxylic acids is 1. The number of aromatic nitrogens is 2. The molecule has 0 atom stereocenters. The minimum Gasteiger partial charge on any atom is -0.433 e. The lowest BCUT2D eigenvalue weighted by atomic mass is 10.1. The first-order chi connectivity index (χ1) is 11.4. The fourth-order valence-corrected chi connectivity index (χ4v) is 2.01. The molecule has 0 aliphatic carbocycles. The SMILES string of the molecule is CN/C=C(\C)C(=O)c1nn(-c2ccccc2OC(F)F)ccc1=O. The van der Waals surface area contributed by atoms with Crippen LogP contribution in [0.2, 0.25) is 0 Å². The van der Waals surface area contributed by atoms with Crippen molar-refractivity contribution in [2.75, 3.05) is 7.05 Å². The van der Waals surface area contributed by atoms with Crippen LogP contribution in [-0.2, 0) is 0 Å². The van der Waals surface area contributed by atoms with Crippen LogP contribution in [0.15, 0.2) is 53.1 Å². The Morgan fingerprint density at radius 1 is 1.33 bits per heavy atom. The van der Waals surface area contributed by atoms with Gasteiger partial charge < -0.3 is 10.1 Å². The lowest BCUT2D eigenvalue weighted by Crippen LogP contribution is -2.22. The van der Waals surface area contributed by atoms with Crippen LogP contribution in [0.3, 0.4) is 0 Å². The van der Waals surface area contributed by atoms with Crippen LogP contribution in [-0.4, -0.2) is 29.2 Å². The summed E-state index contributed by atoms with van der Waals surface area (Å²) in [5.74, 6) is -0.680. The van der Waals surface area contributed by atoms with Crippen molar-refractivity contribution < 1.29 is 18.3 Å². The molecular formula is C16H15F2N3O3. The van der Waals surface area contributed by atoms with Gasteiger partial charge in [-0.1, -0.05) is 12.1 Å². The Morgan fingerprint density at radius 3 is 2.71 bits per heavy atom. The van der Waals surface area contributed by atoms with Gasteiger partial charge in [0.15, 0.2) is 11.4 Å². The Balaban J connectivity index is 2.52. The Morgan fingerprint density at radius 2 is 2.04 bits per heavy atom. The third-order valence-electron chi connectivity index (χ3n) is 3.07. The van der Waals surface area contributed by atoms with E-state index >= 15 is 0 Å². The summed E-state index contributed by atoms with van der Waals surface area (Å²) in [6, 6.07) is 7.09. The van der Waals surface area contributed by atoms with Gasteiger partial charge in [0.1, 0.15) is 5.69 Å². The molecule has 0 saturated carbocycles. The molecule has 6 nitrogen and oxygen atoms in total. The Labute approximate surface area is 136 Å². The second kappa shape index (κ2) is 7.49. The molecule has 0 unspecified atom stereocenters. The minimum absolute atomic E-state index is 0.121. The highest BCUT2D eigenvalue weighted by molar-refractivity contribution is 6.06. The predicted molar refractivity (Wildman–Crippen MR) is 83.6 cm³/mol. The lowest BCUT2D eigenvalue weighted by molar-refractivity contribution is -0.0499. The van der Waals surface area contributed by atoms with E-state index in [2.05, 4.69) is 15.2 Å². The van der Waals surface area contributed by atoms with Gasteiger partial charge in [-0.3, -0.25) is 9.59 Å².